The average molecular weight is 207 g/mol. The lowest BCUT2D eigenvalue weighted by atomic mass is 10.4. The third-order valence-electron chi connectivity index (χ3n) is 1.78. The highest BCUT2D eigenvalue weighted by Gasteiger charge is 1.93. The van der Waals surface area contributed by atoms with Gasteiger partial charge in [-0.1, -0.05) is 6.08 Å². The molecule has 0 saturated heterocycles. The lowest BCUT2D eigenvalue weighted by Crippen LogP contribution is -2.11. The average Bonchev–Trinajstić information content (AvgIpc) is 2.26. The number of hydrogen-bond donors (Lipinski definition) is 1. The molecule has 1 aromatic rings. The smallest absolute Gasteiger partial charge is 0.222 e. The molecule has 0 unspecified atom stereocenters. The molecule has 1 rings (SSSR count). The number of aromatic nitrogens is 2. The van der Waals surface area contributed by atoms with Crippen molar-refractivity contribution in [2.45, 2.75) is 13.3 Å². The van der Waals surface area contributed by atoms with Crippen LogP contribution in [0.2, 0.25) is 0 Å². The summed E-state index contributed by atoms with van der Waals surface area (Å²) in [6, 6.07) is 0. The molecule has 4 heteroatoms. The van der Waals surface area contributed by atoms with Gasteiger partial charge in [-0.2, -0.15) is 0 Å². The molecule has 0 aliphatic carbocycles. The predicted molar refractivity (Wildman–Crippen MR) is 60.9 cm³/mol. The van der Waals surface area contributed by atoms with Gasteiger partial charge >= 0.3 is 0 Å². The highest BCUT2D eigenvalue weighted by Crippen LogP contribution is 1.97. The van der Waals surface area contributed by atoms with Gasteiger partial charge in [0.1, 0.15) is 0 Å². The van der Waals surface area contributed by atoms with Gasteiger partial charge in [0, 0.05) is 18.9 Å². The van der Waals surface area contributed by atoms with Gasteiger partial charge in [-0.15, -0.1) is 6.58 Å². The molecule has 1 aromatic heterocycles. The Labute approximate surface area is 90.4 Å². The van der Waals surface area contributed by atoms with E-state index in [-0.39, 0.29) is 0 Å². The zero-order chi connectivity index (χ0) is 10.9. The van der Waals surface area contributed by atoms with Crippen LogP contribution in [0.15, 0.2) is 25.0 Å². The van der Waals surface area contributed by atoms with Gasteiger partial charge in [-0.05, 0) is 18.9 Å². The van der Waals surface area contributed by atoms with Crippen molar-refractivity contribution in [2.24, 2.45) is 0 Å². The topological polar surface area (TPSA) is 47.0 Å². The first kappa shape index (κ1) is 11.7. The third kappa shape index (κ3) is 5.12. The summed E-state index contributed by atoms with van der Waals surface area (Å²) < 4.78 is 5.33. The molecular formula is C11H17N3O. The summed E-state index contributed by atoms with van der Waals surface area (Å²) in [6.07, 6.45) is 6.30. The second kappa shape index (κ2) is 6.95. The minimum absolute atomic E-state index is 0.646. The minimum Gasteiger partial charge on any atom is -0.379 e. The molecule has 1 heterocycles. The largest absolute Gasteiger partial charge is 0.379 e. The summed E-state index contributed by atoms with van der Waals surface area (Å²) in [7, 11) is 0. The summed E-state index contributed by atoms with van der Waals surface area (Å²) in [5, 5.41) is 3.08. The molecule has 82 valence electrons. The van der Waals surface area contributed by atoms with Crippen LogP contribution in [0.25, 0.3) is 0 Å². The van der Waals surface area contributed by atoms with Crippen LogP contribution in [0.4, 0.5) is 5.95 Å². The number of rotatable bonds is 7. The van der Waals surface area contributed by atoms with E-state index in [9.17, 15) is 0 Å². The van der Waals surface area contributed by atoms with Crippen molar-refractivity contribution in [3.05, 3.63) is 30.6 Å². The van der Waals surface area contributed by atoms with Crippen molar-refractivity contribution in [1.29, 1.82) is 0 Å². The molecule has 0 atom stereocenters. The molecule has 4 nitrogen and oxygen atoms in total. The monoisotopic (exact) mass is 207 g/mol. The SMILES string of the molecule is C=CCCOCCNc1ncc(C)cn1. The van der Waals surface area contributed by atoms with Crippen molar-refractivity contribution < 1.29 is 4.74 Å². The zero-order valence-corrected chi connectivity index (χ0v) is 9.07. The molecule has 0 fully saturated rings. The molecule has 0 saturated carbocycles. The van der Waals surface area contributed by atoms with E-state index < -0.39 is 0 Å². The Morgan fingerprint density at radius 1 is 1.40 bits per heavy atom. The van der Waals surface area contributed by atoms with E-state index in [1.165, 1.54) is 0 Å². The van der Waals surface area contributed by atoms with Crippen LogP contribution in [-0.2, 0) is 4.74 Å². The summed E-state index contributed by atoms with van der Waals surface area (Å²) in [4.78, 5) is 8.24. The Morgan fingerprint density at radius 2 is 2.13 bits per heavy atom. The summed E-state index contributed by atoms with van der Waals surface area (Å²) in [5.74, 6) is 0.646. The van der Waals surface area contributed by atoms with E-state index in [1.54, 1.807) is 12.4 Å². The fraction of sp³-hybridized carbons (Fsp3) is 0.455. The third-order valence-corrected chi connectivity index (χ3v) is 1.78. The first-order chi connectivity index (χ1) is 7.33. The maximum absolute atomic E-state index is 5.33. The summed E-state index contributed by atoms with van der Waals surface area (Å²) >= 11 is 0. The van der Waals surface area contributed by atoms with Crippen molar-refractivity contribution in [3.8, 4) is 0 Å². The molecule has 0 radical (unpaired) electrons. The molecular weight excluding hydrogens is 190 g/mol. The van der Waals surface area contributed by atoms with Crippen LogP contribution in [-0.4, -0.2) is 29.7 Å². The standard InChI is InChI=1S/C11H17N3O/c1-3-4-6-15-7-5-12-11-13-8-10(2)9-14-11/h3,8-9H,1,4-7H2,2H3,(H,12,13,14). The number of nitrogens with one attached hydrogen (secondary N) is 1. The Kier molecular flexibility index (Phi) is 5.40. The predicted octanol–water partition coefficient (Wildman–Crippen LogP) is 1.79. The van der Waals surface area contributed by atoms with E-state index >= 15 is 0 Å². The Bertz CT molecular complexity index is 284. The van der Waals surface area contributed by atoms with Crippen molar-refractivity contribution in [2.75, 3.05) is 25.1 Å². The second-order valence-corrected chi connectivity index (χ2v) is 3.20. The highest BCUT2D eigenvalue weighted by atomic mass is 16.5. The van der Waals surface area contributed by atoms with Crippen molar-refractivity contribution in [3.63, 3.8) is 0 Å². The van der Waals surface area contributed by atoms with Gasteiger partial charge in [-0.25, -0.2) is 9.97 Å². The number of nitrogens with zero attached hydrogens (tertiary/aromatic N) is 2. The van der Waals surface area contributed by atoms with E-state index in [0.717, 1.165) is 25.1 Å². The number of ether oxygens (including phenoxy) is 1. The van der Waals surface area contributed by atoms with Gasteiger partial charge in [0.2, 0.25) is 5.95 Å². The highest BCUT2D eigenvalue weighted by molar-refractivity contribution is 5.23. The van der Waals surface area contributed by atoms with Gasteiger partial charge in [-0.3, -0.25) is 0 Å². The maximum atomic E-state index is 5.33. The first-order valence-corrected chi connectivity index (χ1v) is 5.04. The molecule has 0 aromatic carbocycles. The maximum Gasteiger partial charge on any atom is 0.222 e. The van der Waals surface area contributed by atoms with Crippen molar-refractivity contribution >= 4 is 5.95 Å². The second-order valence-electron chi connectivity index (χ2n) is 3.20. The zero-order valence-electron chi connectivity index (χ0n) is 9.07. The quantitative estimate of drug-likeness (QED) is 0.547. The van der Waals surface area contributed by atoms with E-state index in [1.807, 2.05) is 13.0 Å². The molecule has 0 aliphatic heterocycles. The van der Waals surface area contributed by atoms with E-state index in [0.29, 0.717) is 12.6 Å². The van der Waals surface area contributed by atoms with E-state index in [2.05, 4.69) is 21.9 Å². The van der Waals surface area contributed by atoms with Gasteiger partial charge in [0.05, 0.1) is 13.2 Å². The van der Waals surface area contributed by atoms with Crippen molar-refractivity contribution in [1.82, 2.24) is 9.97 Å². The lowest BCUT2D eigenvalue weighted by Gasteiger charge is -2.04. The van der Waals surface area contributed by atoms with E-state index in [4.69, 9.17) is 4.74 Å². The lowest BCUT2D eigenvalue weighted by molar-refractivity contribution is 0.149. The molecule has 0 amide bonds. The van der Waals surface area contributed by atoms with Crippen LogP contribution in [0.1, 0.15) is 12.0 Å². The Morgan fingerprint density at radius 3 is 2.80 bits per heavy atom. The molecule has 0 spiro atoms. The van der Waals surface area contributed by atoms with Crippen LogP contribution >= 0.6 is 0 Å². The summed E-state index contributed by atoms with van der Waals surface area (Å²) in [5.41, 5.74) is 1.06. The van der Waals surface area contributed by atoms with Crippen LogP contribution in [0.3, 0.4) is 0 Å². The molecule has 15 heavy (non-hydrogen) atoms. The van der Waals surface area contributed by atoms with Gasteiger partial charge in [0.25, 0.3) is 0 Å². The summed E-state index contributed by atoms with van der Waals surface area (Å²) in [6.45, 7) is 7.68. The Hall–Kier alpha value is -1.42. The number of hydrogen-bond acceptors (Lipinski definition) is 4. The fourth-order valence-corrected chi connectivity index (χ4v) is 0.988. The molecule has 0 aliphatic rings. The number of aryl methyl sites for hydroxylation is 1. The molecule has 0 bridgehead atoms. The van der Waals surface area contributed by atoms with Crippen LogP contribution in [0, 0.1) is 6.92 Å². The normalized spacial score (nSPS) is 9.93. The first-order valence-electron chi connectivity index (χ1n) is 5.04. The van der Waals surface area contributed by atoms with Gasteiger partial charge in [0.15, 0.2) is 0 Å². The van der Waals surface area contributed by atoms with Crippen LogP contribution in [0.5, 0.6) is 0 Å². The Balaban J connectivity index is 2.09. The number of anilines is 1. The molecule has 1 N–H and O–H groups in total. The minimum atomic E-state index is 0.646. The van der Waals surface area contributed by atoms with Crippen LogP contribution < -0.4 is 5.32 Å². The fourth-order valence-electron chi connectivity index (χ4n) is 0.988. The van der Waals surface area contributed by atoms with Gasteiger partial charge < -0.3 is 10.1 Å².